The molecule has 0 saturated carbocycles. The Morgan fingerprint density at radius 2 is 2.18 bits per heavy atom. The number of hydrogen-bond donors (Lipinski definition) is 1. The Bertz CT molecular complexity index is 505. The fourth-order valence-corrected chi connectivity index (χ4v) is 1.83. The van der Waals surface area contributed by atoms with Gasteiger partial charge >= 0.3 is 0 Å². The lowest BCUT2D eigenvalue weighted by molar-refractivity contribution is 0.450. The molecule has 0 aliphatic carbocycles. The Balaban J connectivity index is 2.27. The number of benzene rings is 1. The molecule has 0 spiro atoms. The molecule has 0 unspecified atom stereocenters. The highest BCUT2D eigenvalue weighted by molar-refractivity contribution is 14.1. The molecular formula is C12H12IN3O. The van der Waals surface area contributed by atoms with Crippen LogP contribution in [0.25, 0.3) is 0 Å². The number of aromatic nitrogens is 2. The molecule has 0 aliphatic heterocycles. The van der Waals surface area contributed by atoms with Gasteiger partial charge in [0.25, 0.3) is 0 Å². The molecule has 1 aromatic carbocycles. The fraction of sp³-hybridized carbons (Fsp3) is 0.167. The van der Waals surface area contributed by atoms with Gasteiger partial charge in [-0.2, -0.15) is 0 Å². The number of halogens is 1. The van der Waals surface area contributed by atoms with E-state index in [1.807, 2.05) is 31.3 Å². The van der Waals surface area contributed by atoms with Gasteiger partial charge in [-0.05, 0) is 35.7 Å². The maximum atomic E-state index is 5.79. The Labute approximate surface area is 114 Å². The fourth-order valence-electron chi connectivity index (χ4n) is 1.42. The van der Waals surface area contributed by atoms with Crippen LogP contribution < -0.4 is 10.1 Å². The van der Waals surface area contributed by atoms with Crippen LogP contribution >= 0.6 is 22.6 Å². The summed E-state index contributed by atoms with van der Waals surface area (Å²) in [5, 5.41) is 3.11. The predicted octanol–water partition coefficient (Wildman–Crippen LogP) is 2.59. The van der Waals surface area contributed by atoms with Crippen molar-refractivity contribution in [1.82, 2.24) is 15.3 Å². The third-order valence-corrected chi connectivity index (χ3v) is 2.92. The van der Waals surface area contributed by atoms with Crippen molar-refractivity contribution in [2.75, 3.05) is 7.05 Å². The summed E-state index contributed by atoms with van der Waals surface area (Å²) in [6.07, 6.45) is 3.21. The zero-order valence-corrected chi connectivity index (χ0v) is 11.5. The summed E-state index contributed by atoms with van der Waals surface area (Å²) in [5.74, 6) is 1.41. The van der Waals surface area contributed by atoms with Crippen LogP contribution in [0.3, 0.4) is 0 Å². The standard InChI is InChI=1S/C12H12IN3O/c1-14-6-9-4-2-3-5-11(9)17-12-10(13)7-15-8-16-12/h2-5,7-8,14H,6H2,1H3. The van der Waals surface area contributed by atoms with Crippen molar-refractivity contribution in [1.29, 1.82) is 0 Å². The van der Waals surface area contributed by atoms with Gasteiger partial charge in [-0.1, -0.05) is 18.2 Å². The van der Waals surface area contributed by atoms with E-state index in [1.165, 1.54) is 6.33 Å². The first-order valence-corrected chi connectivity index (χ1v) is 6.25. The monoisotopic (exact) mass is 341 g/mol. The maximum Gasteiger partial charge on any atom is 0.235 e. The predicted molar refractivity (Wildman–Crippen MR) is 74.0 cm³/mol. The van der Waals surface area contributed by atoms with Crippen LogP contribution in [-0.2, 0) is 6.54 Å². The topological polar surface area (TPSA) is 47.0 Å². The minimum atomic E-state index is 0.587. The first-order chi connectivity index (χ1) is 8.31. The summed E-state index contributed by atoms with van der Waals surface area (Å²) in [4.78, 5) is 8.05. The number of rotatable bonds is 4. The van der Waals surface area contributed by atoms with Gasteiger partial charge in [0.2, 0.25) is 5.88 Å². The molecule has 1 aromatic heterocycles. The molecule has 2 aromatic rings. The van der Waals surface area contributed by atoms with Crippen molar-refractivity contribution in [2.45, 2.75) is 6.54 Å². The molecule has 0 atom stereocenters. The molecule has 0 amide bonds. The normalized spacial score (nSPS) is 10.2. The molecule has 0 radical (unpaired) electrons. The molecule has 0 aliphatic rings. The Morgan fingerprint density at radius 3 is 2.94 bits per heavy atom. The van der Waals surface area contributed by atoms with Crippen molar-refractivity contribution >= 4 is 22.6 Å². The van der Waals surface area contributed by atoms with E-state index in [9.17, 15) is 0 Å². The second-order valence-electron chi connectivity index (χ2n) is 3.42. The van der Waals surface area contributed by atoms with Crippen LogP contribution in [0.1, 0.15) is 5.56 Å². The molecule has 5 heteroatoms. The van der Waals surface area contributed by atoms with Gasteiger partial charge in [0, 0.05) is 18.3 Å². The highest BCUT2D eigenvalue weighted by Gasteiger charge is 2.07. The number of nitrogens with one attached hydrogen (secondary N) is 1. The third-order valence-electron chi connectivity index (χ3n) is 2.18. The number of nitrogens with zero attached hydrogens (tertiary/aromatic N) is 2. The van der Waals surface area contributed by atoms with Gasteiger partial charge < -0.3 is 10.1 Å². The molecule has 1 heterocycles. The van der Waals surface area contributed by atoms with E-state index in [-0.39, 0.29) is 0 Å². The van der Waals surface area contributed by atoms with E-state index in [1.54, 1.807) is 6.20 Å². The van der Waals surface area contributed by atoms with Crippen LogP contribution in [-0.4, -0.2) is 17.0 Å². The second kappa shape index (κ2) is 5.92. The van der Waals surface area contributed by atoms with Crippen LogP contribution in [0, 0.1) is 3.57 Å². The third kappa shape index (κ3) is 3.13. The summed E-state index contributed by atoms with van der Waals surface area (Å²) in [5.41, 5.74) is 1.10. The van der Waals surface area contributed by atoms with E-state index in [0.717, 1.165) is 21.4 Å². The first-order valence-electron chi connectivity index (χ1n) is 5.17. The zero-order chi connectivity index (χ0) is 12.1. The lowest BCUT2D eigenvalue weighted by Gasteiger charge is -2.10. The SMILES string of the molecule is CNCc1ccccc1Oc1ncncc1I. The van der Waals surface area contributed by atoms with Crippen LogP contribution in [0.4, 0.5) is 0 Å². The van der Waals surface area contributed by atoms with Crippen LogP contribution in [0.15, 0.2) is 36.8 Å². The highest BCUT2D eigenvalue weighted by atomic mass is 127. The molecule has 1 N–H and O–H groups in total. The van der Waals surface area contributed by atoms with E-state index in [2.05, 4.69) is 37.9 Å². The minimum absolute atomic E-state index is 0.587. The second-order valence-corrected chi connectivity index (χ2v) is 4.58. The summed E-state index contributed by atoms with van der Waals surface area (Å²) < 4.78 is 6.69. The number of hydrogen-bond acceptors (Lipinski definition) is 4. The van der Waals surface area contributed by atoms with E-state index < -0.39 is 0 Å². The lowest BCUT2D eigenvalue weighted by Crippen LogP contribution is -2.06. The summed E-state index contributed by atoms with van der Waals surface area (Å²) in [6.45, 7) is 0.762. The molecule has 4 nitrogen and oxygen atoms in total. The van der Waals surface area contributed by atoms with Crippen molar-refractivity contribution in [3.05, 3.63) is 45.9 Å². The largest absolute Gasteiger partial charge is 0.437 e. The summed E-state index contributed by atoms with van der Waals surface area (Å²) in [6, 6.07) is 7.90. The molecule has 0 fully saturated rings. The van der Waals surface area contributed by atoms with Crippen LogP contribution in [0.2, 0.25) is 0 Å². The van der Waals surface area contributed by atoms with E-state index in [4.69, 9.17) is 4.74 Å². The Kier molecular flexibility index (Phi) is 4.27. The number of para-hydroxylation sites is 1. The summed E-state index contributed by atoms with van der Waals surface area (Å²) in [7, 11) is 1.91. The van der Waals surface area contributed by atoms with Crippen molar-refractivity contribution < 1.29 is 4.74 Å². The average Bonchev–Trinajstić information content (AvgIpc) is 2.35. The smallest absolute Gasteiger partial charge is 0.235 e. The zero-order valence-electron chi connectivity index (χ0n) is 9.35. The maximum absolute atomic E-state index is 5.79. The molecule has 17 heavy (non-hydrogen) atoms. The first kappa shape index (κ1) is 12.3. The molecule has 88 valence electrons. The quantitative estimate of drug-likeness (QED) is 0.869. The molecule has 0 saturated heterocycles. The minimum Gasteiger partial charge on any atom is -0.437 e. The van der Waals surface area contributed by atoms with Crippen molar-refractivity contribution in [3.8, 4) is 11.6 Å². The van der Waals surface area contributed by atoms with Gasteiger partial charge in [0.05, 0.1) is 3.57 Å². The molecular weight excluding hydrogens is 329 g/mol. The van der Waals surface area contributed by atoms with Gasteiger partial charge in [-0.3, -0.25) is 0 Å². The molecule has 0 bridgehead atoms. The molecule has 2 rings (SSSR count). The van der Waals surface area contributed by atoms with Gasteiger partial charge in [0.1, 0.15) is 12.1 Å². The van der Waals surface area contributed by atoms with Gasteiger partial charge in [-0.25, -0.2) is 9.97 Å². The average molecular weight is 341 g/mol. The number of ether oxygens (including phenoxy) is 1. The van der Waals surface area contributed by atoms with Gasteiger partial charge in [-0.15, -0.1) is 0 Å². The highest BCUT2D eigenvalue weighted by Crippen LogP contribution is 2.26. The van der Waals surface area contributed by atoms with Crippen molar-refractivity contribution in [2.24, 2.45) is 0 Å². The lowest BCUT2D eigenvalue weighted by atomic mass is 10.2. The Morgan fingerprint density at radius 1 is 1.35 bits per heavy atom. The van der Waals surface area contributed by atoms with Gasteiger partial charge in [0.15, 0.2) is 0 Å². The van der Waals surface area contributed by atoms with Crippen molar-refractivity contribution in [3.63, 3.8) is 0 Å². The van der Waals surface area contributed by atoms with E-state index in [0.29, 0.717) is 5.88 Å². The van der Waals surface area contributed by atoms with E-state index >= 15 is 0 Å². The Hall–Kier alpha value is -1.21. The summed E-state index contributed by atoms with van der Waals surface area (Å²) >= 11 is 2.15. The van der Waals surface area contributed by atoms with Crippen LogP contribution in [0.5, 0.6) is 11.6 Å².